The van der Waals surface area contributed by atoms with Crippen molar-refractivity contribution < 1.29 is 9.47 Å². The highest BCUT2D eigenvalue weighted by Gasteiger charge is 2.15. The molecule has 25 heavy (non-hydrogen) atoms. The second-order valence-electron chi connectivity index (χ2n) is 5.98. The van der Waals surface area contributed by atoms with E-state index in [0.717, 1.165) is 38.4 Å². The average Bonchev–Trinajstić information content (AvgIpc) is 2.62. The third-order valence-corrected chi connectivity index (χ3v) is 4.23. The van der Waals surface area contributed by atoms with Gasteiger partial charge in [-0.3, -0.25) is 9.69 Å². The Kier molecular flexibility index (Phi) is 5.49. The van der Waals surface area contributed by atoms with Gasteiger partial charge in [-0.2, -0.15) is 5.26 Å². The molecule has 3 rings (SSSR count). The molecule has 6 nitrogen and oxygen atoms in total. The number of aromatic amines is 1. The molecular formula is C19H21N3O3. The molecular weight excluding hydrogens is 318 g/mol. The number of rotatable bonds is 5. The molecule has 0 aliphatic carbocycles. The Bertz CT molecular complexity index is 833. The first kappa shape index (κ1) is 17.2. The Morgan fingerprint density at radius 1 is 1.28 bits per heavy atom. The molecule has 0 unspecified atom stereocenters. The fourth-order valence-electron chi connectivity index (χ4n) is 2.94. The molecule has 6 heteroatoms. The molecule has 1 fully saturated rings. The number of H-pyrrole nitrogens is 1. The van der Waals surface area contributed by atoms with Crippen molar-refractivity contribution in [3.8, 4) is 22.9 Å². The lowest BCUT2D eigenvalue weighted by molar-refractivity contribution is 0.0323. The summed E-state index contributed by atoms with van der Waals surface area (Å²) in [6, 6.07) is 11.3. The summed E-state index contributed by atoms with van der Waals surface area (Å²) in [7, 11) is 0. The van der Waals surface area contributed by atoms with E-state index in [0.29, 0.717) is 23.6 Å². The second-order valence-corrected chi connectivity index (χ2v) is 5.98. The number of aryl methyl sites for hydroxylation is 1. The van der Waals surface area contributed by atoms with Crippen molar-refractivity contribution in [2.75, 3.05) is 39.5 Å². The monoisotopic (exact) mass is 339 g/mol. The van der Waals surface area contributed by atoms with Crippen molar-refractivity contribution in [3.63, 3.8) is 0 Å². The first-order valence-electron chi connectivity index (χ1n) is 8.35. The van der Waals surface area contributed by atoms with Crippen LogP contribution in [-0.4, -0.2) is 49.3 Å². The van der Waals surface area contributed by atoms with Gasteiger partial charge in [-0.1, -0.05) is 18.2 Å². The quantitative estimate of drug-likeness (QED) is 0.900. The van der Waals surface area contributed by atoms with Crippen LogP contribution in [0, 0.1) is 18.3 Å². The molecule has 2 aromatic rings. The van der Waals surface area contributed by atoms with Crippen LogP contribution in [0.25, 0.3) is 11.1 Å². The first-order valence-corrected chi connectivity index (χ1v) is 8.35. The SMILES string of the molecule is Cc1cc(-c2ccccc2OCCN2CCOCC2)c(C#N)c(=O)[nH]1. The van der Waals surface area contributed by atoms with E-state index in [9.17, 15) is 10.1 Å². The van der Waals surface area contributed by atoms with Crippen molar-refractivity contribution in [2.24, 2.45) is 0 Å². The molecule has 0 atom stereocenters. The zero-order valence-corrected chi connectivity index (χ0v) is 14.2. The number of hydrogen-bond donors (Lipinski definition) is 1. The number of morpholine rings is 1. The van der Waals surface area contributed by atoms with Crippen LogP contribution in [0.1, 0.15) is 11.3 Å². The molecule has 0 amide bonds. The fraction of sp³-hybridized carbons (Fsp3) is 0.368. The molecule has 0 spiro atoms. The smallest absolute Gasteiger partial charge is 0.266 e. The van der Waals surface area contributed by atoms with E-state index in [4.69, 9.17) is 9.47 Å². The lowest BCUT2D eigenvalue weighted by Crippen LogP contribution is -2.38. The Morgan fingerprint density at radius 2 is 2.04 bits per heavy atom. The topological polar surface area (TPSA) is 78.3 Å². The number of hydrogen-bond acceptors (Lipinski definition) is 5. The van der Waals surface area contributed by atoms with Crippen molar-refractivity contribution in [2.45, 2.75) is 6.92 Å². The summed E-state index contributed by atoms with van der Waals surface area (Å²) >= 11 is 0. The molecule has 1 aliphatic rings. The van der Waals surface area contributed by atoms with Gasteiger partial charge < -0.3 is 14.5 Å². The van der Waals surface area contributed by atoms with Crippen LogP contribution < -0.4 is 10.3 Å². The fourth-order valence-corrected chi connectivity index (χ4v) is 2.94. The zero-order chi connectivity index (χ0) is 17.6. The summed E-state index contributed by atoms with van der Waals surface area (Å²) < 4.78 is 11.3. The highest BCUT2D eigenvalue weighted by molar-refractivity contribution is 5.75. The molecule has 1 aromatic carbocycles. The van der Waals surface area contributed by atoms with Crippen molar-refractivity contribution in [1.82, 2.24) is 9.88 Å². The van der Waals surface area contributed by atoms with E-state index in [1.54, 1.807) is 6.92 Å². The van der Waals surface area contributed by atoms with Gasteiger partial charge in [0.15, 0.2) is 0 Å². The van der Waals surface area contributed by atoms with Crippen molar-refractivity contribution in [1.29, 1.82) is 5.26 Å². The maximum Gasteiger partial charge on any atom is 0.266 e. The van der Waals surface area contributed by atoms with Crippen LogP contribution in [-0.2, 0) is 4.74 Å². The Hall–Kier alpha value is -2.62. The Morgan fingerprint density at radius 3 is 2.80 bits per heavy atom. The minimum Gasteiger partial charge on any atom is -0.492 e. The van der Waals surface area contributed by atoms with Gasteiger partial charge in [0.05, 0.1) is 13.2 Å². The summed E-state index contributed by atoms with van der Waals surface area (Å²) in [5.74, 6) is 0.678. The average molecular weight is 339 g/mol. The normalized spacial score (nSPS) is 14.9. The van der Waals surface area contributed by atoms with Crippen LogP contribution in [0.4, 0.5) is 0 Å². The number of nitrogens with one attached hydrogen (secondary N) is 1. The summed E-state index contributed by atoms with van der Waals surface area (Å²) in [6.45, 7) is 6.50. The molecule has 1 saturated heterocycles. The highest BCUT2D eigenvalue weighted by Crippen LogP contribution is 2.31. The van der Waals surface area contributed by atoms with Gasteiger partial charge >= 0.3 is 0 Å². The minimum absolute atomic E-state index is 0.106. The van der Waals surface area contributed by atoms with Gasteiger partial charge in [-0.05, 0) is 19.1 Å². The van der Waals surface area contributed by atoms with E-state index in [1.807, 2.05) is 36.4 Å². The van der Waals surface area contributed by atoms with Gasteiger partial charge in [0, 0.05) is 36.5 Å². The predicted octanol–water partition coefficient (Wildman–Crippen LogP) is 1.93. The van der Waals surface area contributed by atoms with Crippen molar-refractivity contribution in [3.05, 3.63) is 51.9 Å². The largest absolute Gasteiger partial charge is 0.492 e. The number of nitriles is 1. The third-order valence-electron chi connectivity index (χ3n) is 4.23. The summed E-state index contributed by atoms with van der Waals surface area (Å²) in [4.78, 5) is 17.0. The van der Waals surface area contributed by atoms with Crippen LogP contribution in [0.3, 0.4) is 0 Å². The summed E-state index contributed by atoms with van der Waals surface area (Å²) in [5.41, 5.74) is 1.80. The highest BCUT2D eigenvalue weighted by atomic mass is 16.5. The standard InChI is InChI=1S/C19H21N3O3/c1-14-12-16(17(13-20)19(23)21-14)15-4-2-3-5-18(15)25-11-8-22-6-9-24-10-7-22/h2-5,12H,6-11H2,1H3,(H,21,23). The zero-order valence-electron chi connectivity index (χ0n) is 14.2. The molecule has 1 aromatic heterocycles. The Labute approximate surface area is 146 Å². The van der Waals surface area contributed by atoms with E-state index in [2.05, 4.69) is 9.88 Å². The molecule has 2 heterocycles. The number of ether oxygens (including phenoxy) is 2. The Balaban J connectivity index is 1.82. The molecule has 130 valence electrons. The van der Waals surface area contributed by atoms with Crippen molar-refractivity contribution >= 4 is 0 Å². The number of benzene rings is 1. The summed E-state index contributed by atoms with van der Waals surface area (Å²) in [6.07, 6.45) is 0. The van der Waals surface area contributed by atoms with E-state index in [-0.39, 0.29) is 11.1 Å². The number of aromatic nitrogens is 1. The molecule has 0 saturated carbocycles. The van der Waals surface area contributed by atoms with Gasteiger partial charge in [0.2, 0.25) is 0 Å². The molecule has 0 bridgehead atoms. The maximum atomic E-state index is 12.1. The molecule has 0 radical (unpaired) electrons. The van der Waals surface area contributed by atoms with Crippen LogP contribution in [0.5, 0.6) is 5.75 Å². The van der Waals surface area contributed by atoms with Crippen LogP contribution >= 0.6 is 0 Å². The van der Waals surface area contributed by atoms with E-state index >= 15 is 0 Å². The predicted molar refractivity (Wildman–Crippen MR) is 94.7 cm³/mol. The van der Waals surface area contributed by atoms with E-state index in [1.165, 1.54) is 0 Å². The maximum absolute atomic E-state index is 12.1. The van der Waals surface area contributed by atoms with Gasteiger partial charge in [0.25, 0.3) is 5.56 Å². The van der Waals surface area contributed by atoms with Gasteiger partial charge in [0.1, 0.15) is 24.0 Å². The lowest BCUT2D eigenvalue weighted by Gasteiger charge is -2.26. The number of para-hydroxylation sites is 1. The minimum atomic E-state index is -0.374. The number of nitrogens with zero attached hydrogens (tertiary/aromatic N) is 2. The number of pyridine rings is 1. The van der Waals surface area contributed by atoms with Crippen LogP contribution in [0.15, 0.2) is 35.1 Å². The van der Waals surface area contributed by atoms with Crippen LogP contribution in [0.2, 0.25) is 0 Å². The van der Waals surface area contributed by atoms with Gasteiger partial charge in [-0.15, -0.1) is 0 Å². The summed E-state index contributed by atoms with van der Waals surface area (Å²) in [5, 5.41) is 9.36. The van der Waals surface area contributed by atoms with Gasteiger partial charge in [-0.25, -0.2) is 0 Å². The molecule has 1 N–H and O–H groups in total. The third kappa shape index (κ3) is 4.08. The first-order chi connectivity index (χ1) is 12.2. The molecule has 1 aliphatic heterocycles. The second kappa shape index (κ2) is 7.97. The van der Waals surface area contributed by atoms with E-state index < -0.39 is 0 Å². The lowest BCUT2D eigenvalue weighted by atomic mass is 10.0.